The van der Waals surface area contributed by atoms with Crippen molar-refractivity contribution >= 4 is 11.5 Å². The lowest BCUT2D eigenvalue weighted by Crippen LogP contribution is -2.00. The van der Waals surface area contributed by atoms with Gasteiger partial charge in [0.05, 0.1) is 33.7 Å². The number of anilines is 2. The van der Waals surface area contributed by atoms with Crippen molar-refractivity contribution in [1.29, 1.82) is 0 Å². The number of aryl methyl sites for hydroxylation is 1. The van der Waals surface area contributed by atoms with Crippen LogP contribution in [-0.2, 0) is 0 Å². The summed E-state index contributed by atoms with van der Waals surface area (Å²) in [5.41, 5.74) is 1.73. The molecule has 0 bridgehead atoms. The standard InChI is InChI=1S/C20H21N3O4/c1-13-7-5-6-8-15(13)27-19-12-21-11-18(23-19)22-14-9-16(24-2)20(26-4)17(10-14)25-3/h5-12H,1-4H3,(H,22,23). The molecule has 1 heterocycles. The van der Waals surface area contributed by atoms with Gasteiger partial charge in [-0.2, -0.15) is 4.98 Å². The van der Waals surface area contributed by atoms with Gasteiger partial charge in [0.2, 0.25) is 11.6 Å². The Morgan fingerprint density at radius 1 is 0.852 bits per heavy atom. The van der Waals surface area contributed by atoms with E-state index >= 15 is 0 Å². The van der Waals surface area contributed by atoms with Crippen molar-refractivity contribution in [2.45, 2.75) is 6.92 Å². The van der Waals surface area contributed by atoms with Crippen LogP contribution in [0.25, 0.3) is 0 Å². The fourth-order valence-corrected chi connectivity index (χ4v) is 2.54. The van der Waals surface area contributed by atoms with Crippen molar-refractivity contribution in [3.8, 4) is 28.9 Å². The third kappa shape index (κ3) is 4.20. The highest BCUT2D eigenvalue weighted by Gasteiger charge is 2.14. The molecule has 3 rings (SSSR count). The first kappa shape index (κ1) is 18.3. The molecule has 0 aliphatic carbocycles. The molecular formula is C20H21N3O4. The Hall–Kier alpha value is -3.48. The lowest BCUT2D eigenvalue weighted by Gasteiger charge is -2.15. The van der Waals surface area contributed by atoms with E-state index < -0.39 is 0 Å². The van der Waals surface area contributed by atoms with Crippen molar-refractivity contribution in [1.82, 2.24) is 9.97 Å². The maximum absolute atomic E-state index is 5.83. The Balaban J connectivity index is 1.85. The minimum Gasteiger partial charge on any atom is -0.493 e. The second kappa shape index (κ2) is 8.27. The summed E-state index contributed by atoms with van der Waals surface area (Å²) in [7, 11) is 4.69. The minimum atomic E-state index is 0.391. The number of nitrogens with one attached hydrogen (secondary N) is 1. The maximum Gasteiger partial charge on any atom is 0.239 e. The molecule has 0 saturated carbocycles. The Kier molecular flexibility index (Phi) is 5.61. The summed E-state index contributed by atoms with van der Waals surface area (Å²) in [5.74, 6) is 3.25. The van der Waals surface area contributed by atoms with Crippen LogP contribution in [0.2, 0.25) is 0 Å². The molecule has 0 amide bonds. The SMILES string of the molecule is COc1cc(Nc2cncc(Oc3ccccc3C)n2)cc(OC)c1OC. The monoisotopic (exact) mass is 367 g/mol. The summed E-state index contributed by atoms with van der Waals surface area (Å²) in [4.78, 5) is 8.64. The Morgan fingerprint density at radius 3 is 2.19 bits per heavy atom. The number of aromatic nitrogens is 2. The molecule has 0 aliphatic heterocycles. The summed E-state index contributed by atoms with van der Waals surface area (Å²) in [5, 5.41) is 3.18. The van der Waals surface area contributed by atoms with Crippen molar-refractivity contribution in [3.63, 3.8) is 0 Å². The Morgan fingerprint density at radius 2 is 1.56 bits per heavy atom. The molecule has 0 unspecified atom stereocenters. The zero-order chi connectivity index (χ0) is 19.2. The van der Waals surface area contributed by atoms with Crippen LogP contribution in [0.1, 0.15) is 5.56 Å². The van der Waals surface area contributed by atoms with Gasteiger partial charge < -0.3 is 24.3 Å². The number of methoxy groups -OCH3 is 3. The molecule has 3 aromatic rings. The van der Waals surface area contributed by atoms with Crippen molar-refractivity contribution < 1.29 is 18.9 Å². The van der Waals surface area contributed by atoms with E-state index in [4.69, 9.17) is 18.9 Å². The fraction of sp³-hybridized carbons (Fsp3) is 0.200. The van der Waals surface area contributed by atoms with Crippen LogP contribution in [0.5, 0.6) is 28.9 Å². The number of ether oxygens (including phenoxy) is 4. The summed E-state index contributed by atoms with van der Waals surface area (Å²) >= 11 is 0. The van der Waals surface area contributed by atoms with Gasteiger partial charge >= 0.3 is 0 Å². The normalized spacial score (nSPS) is 10.2. The van der Waals surface area contributed by atoms with E-state index in [-0.39, 0.29) is 0 Å². The van der Waals surface area contributed by atoms with E-state index in [0.29, 0.717) is 34.6 Å². The third-order valence-corrected chi connectivity index (χ3v) is 3.86. The van der Waals surface area contributed by atoms with Crippen LogP contribution in [0, 0.1) is 6.92 Å². The van der Waals surface area contributed by atoms with E-state index in [9.17, 15) is 0 Å². The average molecular weight is 367 g/mol. The number of hydrogen-bond acceptors (Lipinski definition) is 7. The molecule has 0 radical (unpaired) electrons. The lowest BCUT2D eigenvalue weighted by molar-refractivity contribution is 0.324. The number of para-hydroxylation sites is 1. The average Bonchev–Trinajstić information content (AvgIpc) is 2.69. The largest absolute Gasteiger partial charge is 0.493 e. The molecule has 27 heavy (non-hydrogen) atoms. The summed E-state index contributed by atoms with van der Waals surface area (Å²) in [6.07, 6.45) is 3.17. The van der Waals surface area contributed by atoms with Gasteiger partial charge in [0.25, 0.3) is 0 Å². The van der Waals surface area contributed by atoms with E-state index in [1.807, 2.05) is 31.2 Å². The molecular weight excluding hydrogens is 346 g/mol. The van der Waals surface area contributed by atoms with E-state index in [0.717, 1.165) is 11.3 Å². The predicted octanol–water partition coefficient (Wildman–Crippen LogP) is 4.35. The molecule has 0 saturated heterocycles. The molecule has 7 nitrogen and oxygen atoms in total. The topological polar surface area (TPSA) is 74.7 Å². The predicted molar refractivity (Wildman–Crippen MR) is 103 cm³/mol. The molecule has 0 spiro atoms. The van der Waals surface area contributed by atoms with Crippen molar-refractivity contribution in [2.24, 2.45) is 0 Å². The highest BCUT2D eigenvalue weighted by atomic mass is 16.5. The molecule has 1 N–H and O–H groups in total. The first-order valence-electron chi connectivity index (χ1n) is 8.27. The number of nitrogens with zero attached hydrogens (tertiary/aromatic N) is 2. The molecule has 0 aliphatic rings. The highest BCUT2D eigenvalue weighted by molar-refractivity contribution is 5.66. The summed E-state index contributed by atoms with van der Waals surface area (Å²) in [6.45, 7) is 1.97. The van der Waals surface area contributed by atoms with Crippen LogP contribution in [0.4, 0.5) is 11.5 Å². The van der Waals surface area contributed by atoms with E-state index in [2.05, 4.69) is 15.3 Å². The lowest BCUT2D eigenvalue weighted by atomic mass is 10.2. The number of hydrogen-bond donors (Lipinski definition) is 1. The second-order valence-corrected chi connectivity index (χ2v) is 5.65. The first-order valence-corrected chi connectivity index (χ1v) is 8.27. The fourth-order valence-electron chi connectivity index (χ4n) is 2.54. The third-order valence-electron chi connectivity index (χ3n) is 3.86. The van der Waals surface area contributed by atoms with E-state index in [1.165, 1.54) is 0 Å². The minimum absolute atomic E-state index is 0.391. The first-order chi connectivity index (χ1) is 13.1. The van der Waals surface area contributed by atoms with Crippen LogP contribution >= 0.6 is 0 Å². The zero-order valence-corrected chi connectivity index (χ0v) is 15.6. The molecule has 1 aromatic heterocycles. The number of rotatable bonds is 7. The van der Waals surface area contributed by atoms with Gasteiger partial charge in [0.15, 0.2) is 17.3 Å². The quantitative estimate of drug-likeness (QED) is 0.665. The molecule has 140 valence electrons. The smallest absolute Gasteiger partial charge is 0.239 e. The molecule has 0 atom stereocenters. The maximum atomic E-state index is 5.83. The van der Waals surface area contributed by atoms with Crippen molar-refractivity contribution in [3.05, 3.63) is 54.4 Å². The summed E-state index contributed by atoms with van der Waals surface area (Å²) in [6, 6.07) is 11.3. The molecule has 7 heteroatoms. The van der Waals surface area contributed by atoms with E-state index in [1.54, 1.807) is 45.9 Å². The van der Waals surface area contributed by atoms with Gasteiger partial charge in [0.1, 0.15) is 5.75 Å². The van der Waals surface area contributed by atoms with Crippen molar-refractivity contribution in [2.75, 3.05) is 26.6 Å². The van der Waals surface area contributed by atoms with Gasteiger partial charge in [-0.25, -0.2) is 0 Å². The van der Waals surface area contributed by atoms with Gasteiger partial charge in [0, 0.05) is 17.8 Å². The molecule has 0 fully saturated rings. The van der Waals surface area contributed by atoms with Gasteiger partial charge in [-0.05, 0) is 18.6 Å². The summed E-state index contributed by atoms with van der Waals surface area (Å²) < 4.78 is 21.9. The van der Waals surface area contributed by atoms with Gasteiger partial charge in [-0.15, -0.1) is 0 Å². The molecule has 2 aromatic carbocycles. The Labute approximate surface area is 157 Å². The van der Waals surface area contributed by atoms with Crippen LogP contribution < -0.4 is 24.3 Å². The highest BCUT2D eigenvalue weighted by Crippen LogP contribution is 2.40. The zero-order valence-electron chi connectivity index (χ0n) is 15.6. The van der Waals surface area contributed by atoms with Crippen LogP contribution in [0.3, 0.4) is 0 Å². The second-order valence-electron chi connectivity index (χ2n) is 5.65. The van der Waals surface area contributed by atoms with Gasteiger partial charge in [-0.3, -0.25) is 4.98 Å². The number of benzene rings is 2. The van der Waals surface area contributed by atoms with Crippen LogP contribution in [-0.4, -0.2) is 31.3 Å². The Bertz CT molecular complexity index is 906. The van der Waals surface area contributed by atoms with Gasteiger partial charge in [-0.1, -0.05) is 18.2 Å². The van der Waals surface area contributed by atoms with Crippen LogP contribution in [0.15, 0.2) is 48.8 Å².